The molecule has 0 spiro atoms. The highest BCUT2D eigenvalue weighted by atomic mass is 15.2. The fraction of sp³-hybridized carbons (Fsp3) is 0. The Kier molecular flexibility index (Phi) is 9.03. The van der Waals surface area contributed by atoms with Crippen LogP contribution in [0.3, 0.4) is 0 Å². The van der Waals surface area contributed by atoms with Crippen LogP contribution in [0.5, 0.6) is 0 Å². The Morgan fingerprint density at radius 3 is 1.33 bits per heavy atom. The van der Waals surface area contributed by atoms with Gasteiger partial charge in [0.15, 0.2) is 29.1 Å². The monoisotopic (exact) mass is 894 g/mol. The zero-order valence-corrected chi connectivity index (χ0v) is 37.5. The summed E-state index contributed by atoms with van der Waals surface area (Å²) in [6, 6.07) is 80.0. The van der Waals surface area contributed by atoms with E-state index in [0.29, 0.717) is 35.1 Å². The van der Waals surface area contributed by atoms with Crippen molar-refractivity contribution in [1.29, 1.82) is 0 Å². The number of nitrogens with zero attached hydrogens (tertiary/aromatic N) is 8. The molecule has 4 heterocycles. The van der Waals surface area contributed by atoms with Crippen molar-refractivity contribution in [3.63, 3.8) is 0 Å². The van der Waals surface area contributed by atoms with E-state index in [-0.39, 0.29) is 0 Å². The van der Waals surface area contributed by atoms with E-state index in [1.165, 1.54) is 16.2 Å². The molecule has 0 N–H and O–H groups in total. The van der Waals surface area contributed by atoms with Crippen LogP contribution in [-0.4, -0.2) is 39.0 Å². The molecule has 0 aliphatic rings. The van der Waals surface area contributed by atoms with Gasteiger partial charge in [0.05, 0.1) is 22.1 Å². The topological polar surface area (TPSA) is 87.2 Å². The Morgan fingerprint density at radius 2 is 0.700 bits per heavy atom. The van der Waals surface area contributed by atoms with Crippen molar-refractivity contribution in [2.75, 3.05) is 0 Å². The summed E-state index contributed by atoms with van der Waals surface area (Å²) in [4.78, 5) is 30.9. The van der Waals surface area contributed by atoms with Crippen LogP contribution in [0.15, 0.2) is 231 Å². The quantitative estimate of drug-likeness (QED) is 0.148. The van der Waals surface area contributed by atoms with E-state index >= 15 is 0 Å². The molecule has 8 nitrogen and oxygen atoms in total. The molecule has 0 atom stereocenters. The van der Waals surface area contributed by atoms with Crippen LogP contribution in [0.2, 0.25) is 0 Å². The van der Waals surface area contributed by atoms with Crippen LogP contribution in [-0.2, 0) is 0 Å². The fourth-order valence-electron chi connectivity index (χ4n) is 10.2. The van der Waals surface area contributed by atoms with Crippen molar-refractivity contribution in [3.8, 4) is 68.6 Å². The van der Waals surface area contributed by atoms with Crippen LogP contribution in [0.1, 0.15) is 0 Å². The van der Waals surface area contributed by atoms with Gasteiger partial charge >= 0.3 is 0 Å². The number of aromatic nitrogens is 8. The molecule has 0 aliphatic heterocycles. The average molecular weight is 895 g/mol. The first-order chi connectivity index (χ1) is 34.7. The first-order valence-corrected chi connectivity index (χ1v) is 23.4. The number of hydrogen-bond acceptors (Lipinski definition) is 6. The molecule has 326 valence electrons. The second kappa shape index (κ2) is 16.0. The molecular weight excluding hydrogens is 857 g/mol. The minimum Gasteiger partial charge on any atom is -0.309 e. The minimum atomic E-state index is 0.552. The van der Waals surface area contributed by atoms with Gasteiger partial charge in [-0.25, -0.2) is 19.9 Å². The molecule has 4 aromatic heterocycles. The second-order valence-corrected chi connectivity index (χ2v) is 17.5. The SMILES string of the molecule is c1ccc(-c2nc(-c3ccc(-n4c5ccccc5c5c4ccc4c6ccccc6n(-c6nc(-c7ccccc7)nc(-c7ccccc7)n6)c45)cc3)nc(-c3ccc4c(ccc5ccccc54)c3)n2)cc1. The van der Waals surface area contributed by atoms with Crippen molar-refractivity contribution < 1.29 is 0 Å². The normalized spacial score (nSPS) is 11.7. The van der Waals surface area contributed by atoms with E-state index in [1.807, 2.05) is 91.0 Å². The zero-order chi connectivity index (χ0) is 46.1. The Labute approximate surface area is 401 Å². The van der Waals surface area contributed by atoms with Gasteiger partial charge in [0, 0.05) is 55.0 Å². The molecule has 8 heteroatoms. The molecular formula is C62H38N8. The van der Waals surface area contributed by atoms with Crippen LogP contribution in [0.25, 0.3) is 134 Å². The summed E-state index contributed by atoms with van der Waals surface area (Å²) in [6.07, 6.45) is 0. The smallest absolute Gasteiger partial charge is 0.238 e. The van der Waals surface area contributed by atoms with Gasteiger partial charge in [-0.05, 0) is 70.1 Å². The van der Waals surface area contributed by atoms with E-state index in [9.17, 15) is 0 Å². The summed E-state index contributed by atoms with van der Waals surface area (Å²) in [5.74, 6) is 3.61. The van der Waals surface area contributed by atoms with E-state index < -0.39 is 0 Å². The third kappa shape index (κ3) is 6.46. The van der Waals surface area contributed by atoms with Gasteiger partial charge < -0.3 is 4.57 Å². The lowest BCUT2D eigenvalue weighted by molar-refractivity contribution is 0.955. The summed E-state index contributed by atoms with van der Waals surface area (Å²) in [5.41, 5.74) is 9.77. The van der Waals surface area contributed by atoms with Crippen LogP contribution >= 0.6 is 0 Å². The molecule has 0 amide bonds. The predicted octanol–water partition coefficient (Wildman–Crippen LogP) is 14.9. The number of benzene rings is 10. The number of para-hydroxylation sites is 2. The fourth-order valence-corrected chi connectivity index (χ4v) is 10.2. The zero-order valence-electron chi connectivity index (χ0n) is 37.5. The van der Waals surface area contributed by atoms with E-state index in [4.69, 9.17) is 29.9 Å². The Morgan fingerprint density at radius 1 is 0.257 bits per heavy atom. The summed E-state index contributed by atoms with van der Waals surface area (Å²) in [5, 5.41) is 9.23. The summed E-state index contributed by atoms with van der Waals surface area (Å²) in [7, 11) is 0. The van der Waals surface area contributed by atoms with Gasteiger partial charge in [-0.2, -0.15) is 9.97 Å². The number of fused-ring (bicyclic) bond motifs is 10. The van der Waals surface area contributed by atoms with Crippen molar-refractivity contribution >= 4 is 65.2 Å². The van der Waals surface area contributed by atoms with Gasteiger partial charge in [0.25, 0.3) is 0 Å². The molecule has 0 saturated heterocycles. The maximum absolute atomic E-state index is 5.25. The summed E-state index contributed by atoms with van der Waals surface area (Å²) in [6.45, 7) is 0. The van der Waals surface area contributed by atoms with Crippen LogP contribution in [0, 0.1) is 0 Å². The van der Waals surface area contributed by atoms with Crippen LogP contribution in [0.4, 0.5) is 0 Å². The molecule has 14 rings (SSSR count). The van der Waals surface area contributed by atoms with Crippen molar-refractivity contribution in [2.45, 2.75) is 0 Å². The largest absolute Gasteiger partial charge is 0.309 e. The maximum atomic E-state index is 5.25. The summed E-state index contributed by atoms with van der Waals surface area (Å²) < 4.78 is 4.58. The Bertz CT molecular complexity index is 4280. The maximum Gasteiger partial charge on any atom is 0.238 e. The lowest BCUT2D eigenvalue weighted by Gasteiger charge is -2.12. The third-order valence-electron chi connectivity index (χ3n) is 13.4. The highest BCUT2D eigenvalue weighted by Crippen LogP contribution is 2.42. The van der Waals surface area contributed by atoms with Crippen molar-refractivity contribution in [1.82, 2.24) is 39.0 Å². The van der Waals surface area contributed by atoms with Gasteiger partial charge in [-0.3, -0.25) is 4.57 Å². The van der Waals surface area contributed by atoms with Crippen molar-refractivity contribution in [2.24, 2.45) is 0 Å². The molecule has 0 radical (unpaired) electrons. The van der Waals surface area contributed by atoms with Gasteiger partial charge in [0.2, 0.25) is 5.95 Å². The van der Waals surface area contributed by atoms with E-state index in [0.717, 1.165) is 82.5 Å². The Hall–Kier alpha value is -9.66. The van der Waals surface area contributed by atoms with Gasteiger partial charge in [0.1, 0.15) is 0 Å². The Balaban J connectivity index is 0.942. The first-order valence-electron chi connectivity index (χ1n) is 23.4. The second-order valence-electron chi connectivity index (χ2n) is 17.5. The van der Waals surface area contributed by atoms with Gasteiger partial charge in [-0.15, -0.1) is 0 Å². The molecule has 0 bridgehead atoms. The molecule has 0 unspecified atom stereocenters. The molecule has 14 aromatic rings. The number of hydrogen-bond donors (Lipinski definition) is 0. The molecule has 70 heavy (non-hydrogen) atoms. The average Bonchev–Trinajstić information content (AvgIpc) is 3.96. The molecule has 10 aromatic carbocycles. The molecule has 0 fully saturated rings. The first kappa shape index (κ1) is 39.5. The molecule has 0 aliphatic carbocycles. The summed E-state index contributed by atoms with van der Waals surface area (Å²) >= 11 is 0. The molecule has 0 saturated carbocycles. The van der Waals surface area contributed by atoms with Crippen LogP contribution < -0.4 is 0 Å². The number of rotatable bonds is 7. The predicted molar refractivity (Wildman–Crippen MR) is 284 cm³/mol. The van der Waals surface area contributed by atoms with E-state index in [2.05, 4.69) is 149 Å². The highest BCUT2D eigenvalue weighted by Gasteiger charge is 2.23. The lowest BCUT2D eigenvalue weighted by Crippen LogP contribution is -2.06. The third-order valence-corrected chi connectivity index (χ3v) is 13.4. The van der Waals surface area contributed by atoms with Gasteiger partial charge in [-0.1, -0.05) is 182 Å². The lowest BCUT2D eigenvalue weighted by atomic mass is 10.00. The minimum absolute atomic E-state index is 0.552. The highest BCUT2D eigenvalue weighted by molar-refractivity contribution is 6.26. The standard InChI is InChI=1S/C62H38N8/c1-4-17-40(18-5-1)57-63-58(65-61(64-57)45-32-35-48-44(38-45)29-28-39-16-10-11-23-47(39)48)43-30-33-46(34-31-43)69-53-27-15-13-25-51(53)55-54(69)37-36-50-49-24-12-14-26-52(49)70(56(50)55)62-67-59(41-19-6-2-7-20-41)66-60(68-62)42-21-8-3-9-22-42/h1-38H. The van der Waals surface area contributed by atoms with E-state index in [1.54, 1.807) is 0 Å². The van der Waals surface area contributed by atoms with Crippen molar-refractivity contribution in [3.05, 3.63) is 231 Å².